The van der Waals surface area contributed by atoms with Crippen molar-refractivity contribution in [1.82, 2.24) is 10.3 Å². The zero-order valence-corrected chi connectivity index (χ0v) is 8.40. The topological polar surface area (TPSA) is 75.1 Å². The Bertz CT molecular complexity index is 528. The summed E-state index contributed by atoms with van der Waals surface area (Å²) in [7, 11) is 0. The van der Waals surface area contributed by atoms with Crippen LogP contribution in [-0.2, 0) is 6.54 Å². The first-order valence-electron chi connectivity index (χ1n) is 4.75. The Morgan fingerprint density at radius 1 is 1.31 bits per heavy atom. The van der Waals surface area contributed by atoms with Gasteiger partial charge in [-0.3, -0.25) is 9.59 Å². The number of carbonyl (C=O) groups excluding carboxylic acids is 1. The number of carbonyl (C=O) groups is 1. The Morgan fingerprint density at radius 3 is 2.88 bits per heavy atom. The second-order valence-corrected chi connectivity index (χ2v) is 3.19. The van der Waals surface area contributed by atoms with Gasteiger partial charge < -0.3 is 14.7 Å². The Kier molecular flexibility index (Phi) is 2.86. The molecule has 0 aliphatic carbocycles. The summed E-state index contributed by atoms with van der Waals surface area (Å²) in [6.45, 7) is 0.294. The fraction of sp³-hybridized carbons (Fsp3) is 0.0909. The third-order valence-corrected chi connectivity index (χ3v) is 2.02. The first-order chi connectivity index (χ1) is 7.75. The SMILES string of the molecule is O=C(NCc1ccco1)c1cccc(=O)[nH]1. The lowest BCUT2D eigenvalue weighted by atomic mass is 10.3. The molecule has 0 saturated carbocycles. The molecule has 0 spiro atoms. The maximum Gasteiger partial charge on any atom is 0.268 e. The quantitative estimate of drug-likeness (QED) is 0.803. The minimum absolute atomic E-state index is 0.235. The largest absolute Gasteiger partial charge is 0.467 e. The van der Waals surface area contributed by atoms with E-state index in [0.29, 0.717) is 12.3 Å². The molecule has 2 aromatic heterocycles. The van der Waals surface area contributed by atoms with Crippen LogP contribution >= 0.6 is 0 Å². The maximum atomic E-state index is 11.6. The van der Waals surface area contributed by atoms with Crippen molar-refractivity contribution in [3.05, 3.63) is 58.4 Å². The molecule has 0 aliphatic heterocycles. The van der Waals surface area contributed by atoms with Gasteiger partial charge in [-0.25, -0.2) is 0 Å². The van der Waals surface area contributed by atoms with Crippen LogP contribution in [0.2, 0.25) is 0 Å². The van der Waals surface area contributed by atoms with E-state index in [1.807, 2.05) is 0 Å². The van der Waals surface area contributed by atoms with Gasteiger partial charge in [0.25, 0.3) is 5.91 Å². The Morgan fingerprint density at radius 2 is 2.19 bits per heavy atom. The zero-order chi connectivity index (χ0) is 11.4. The number of H-pyrrole nitrogens is 1. The lowest BCUT2D eigenvalue weighted by molar-refractivity contribution is 0.0943. The van der Waals surface area contributed by atoms with E-state index in [9.17, 15) is 9.59 Å². The van der Waals surface area contributed by atoms with Crippen molar-refractivity contribution in [3.63, 3.8) is 0 Å². The van der Waals surface area contributed by atoms with E-state index in [1.165, 1.54) is 18.4 Å². The van der Waals surface area contributed by atoms with Crippen LogP contribution in [0.25, 0.3) is 0 Å². The molecule has 0 atom stereocenters. The second-order valence-electron chi connectivity index (χ2n) is 3.19. The van der Waals surface area contributed by atoms with Crippen molar-refractivity contribution in [3.8, 4) is 0 Å². The normalized spacial score (nSPS) is 10.0. The number of rotatable bonds is 3. The van der Waals surface area contributed by atoms with E-state index in [4.69, 9.17) is 4.42 Å². The molecule has 2 N–H and O–H groups in total. The molecule has 16 heavy (non-hydrogen) atoms. The van der Waals surface area contributed by atoms with E-state index < -0.39 is 0 Å². The molecule has 0 saturated heterocycles. The van der Waals surface area contributed by atoms with Crippen molar-refractivity contribution < 1.29 is 9.21 Å². The number of hydrogen-bond donors (Lipinski definition) is 2. The lowest BCUT2D eigenvalue weighted by Crippen LogP contribution is -2.25. The summed E-state index contributed by atoms with van der Waals surface area (Å²) in [5, 5.41) is 2.63. The van der Waals surface area contributed by atoms with Gasteiger partial charge in [0.1, 0.15) is 11.5 Å². The average Bonchev–Trinajstić information content (AvgIpc) is 2.78. The van der Waals surface area contributed by atoms with Crippen LogP contribution < -0.4 is 10.9 Å². The summed E-state index contributed by atoms with van der Waals surface area (Å²) in [4.78, 5) is 25.0. The molecule has 0 aliphatic rings. The highest BCUT2D eigenvalue weighted by molar-refractivity contribution is 5.92. The smallest absolute Gasteiger partial charge is 0.268 e. The van der Waals surface area contributed by atoms with Gasteiger partial charge in [-0.15, -0.1) is 0 Å². The van der Waals surface area contributed by atoms with Crippen LogP contribution in [0.15, 0.2) is 45.8 Å². The van der Waals surface area contributed by atoms with Gasteiger partial charge in [0.05, 0.1) is 12.8 Å². The minimum atomic E-state index is -0.339. The standard InChI is InChI=1S/C11H10N2O3/c14-10-5-1-4-9(13-10)11(15)12-7-8-3-2-6-16-8/h1-6H,7H2,(H,12,15)(H,13,14). The summed E-state index contributed by atoms with van der Waals surface area (Å²) in [5.74, 6) is 0.320. The van der Waals surface area contributed by atoms with E-state index in [-0.39, 0.29) is 17.2 Å². The fourth-order valence-corrected chi connectivity index (χ4v) is 1.26. The molecule has 0 fully saturated rings. The molecule has 5 heteroatoms. The number of aromatic amines is 1. The van der Waals surface area contributed by atoms with Gasteiger partial charge in [0.2, 0.25) is 5.56 Å². The number of furan rings is 1. The van der Waals surface area contributed by atoms with E-state index >= 15 is 0 Å². The highest BCUT2D eigenvalue weighted by atomic mass is 16.3. The Balaban J connectivity index is 2.01. The highest BCUT2D eigenvalue weighted by Gasteiger charge is 2.06. The molecule has 1 amide bonds. The van der Waals surface area contributed by atoms with Gasteiger partial charge in [0.15, 0.2) is 0 Å². The number of nitrogens with one attached hydrogen (secondary N) is 2. The number of aromatic nitrogens is 1. The van der Waals surface area contributed by atoms with Crippen LogP contribution in [0.3, 0.4) is 0 Å². The Labute approximate surface area is 91.1 Å². The van der Waals surface area contributed by atoms with Crippen molar-refractivity contribution in [2.75, 3.05) is 0 Å². The van der Waals surface area contributed by atoms with Crippen LogP contribution in [-0.4, -0.2) is 10.9 Å². The summed E-state index contributed by atoms with van der Waals surface area (Å²) in [5.41, 5.74) is -0.0651. The van der Waals surface area contributed by atoms with Gasteiger partial charge in [-0.05, 0) is 18.2 Å². The minimum Gasteiger partial charge on any atom is -0.467 e. The zero-order valence-electron chi connectivity index (χ0n) is 8.40. The summed E-state index contributed by atoms with van der Waals surface area (Å²) >= 11 is 0. The fourth-order valence-electron chi connectivity index (χ4n) is 1.26. The molecular weight excluding hydrogens is 208 g/mol. The molecule has 82 valence electrons. The first kappa shape index (κ1) is 10.2. The molecule has 2 aromatic rings. The van der Waals surface area contributed by atoms with Crippen LogP contribution in [0.4, 0.5) is 0 Å². The predicted octanol–water partition coefficient (Wildman–Crippen LogP) is 0.898. The Hall–Kier alpha value is -2.30. The highest BCUT2D eigenvalue weighted by Crippen LogP contribution is 1.99. The van der Waals surface area contributed by atoms with E-state index in [1.54, 1.807) is 18.2 Å². The first-order valence-corrected chi connectivity index (χ1v) is 4.75. The van der Waals surface area contributed by atoms with Gasteiger partial charge >= 0.3 is 0 Å². The number of hydrogen-bond acceptors (Lipinski definition) is 3. The van der Waals surface area contributed by atoms with Crippen LogP contribution in [0.5, 0.6) is 0 Å². The third kappa shape index (κ3) is 2.38. The summed E-state index contributed by atoms with van der Waals surface area (Å²) in [6, 6.07) is 7.92. The van der Waals surface area contributed by atoms with Crippen molar-refractivity contribution in [2.24, 2.45) is 0 Å². The predicted molar refractivity (Wildman–Crippen MR) is 56.9 cm³/mol. The number of amides is 1. The van der Waals surface area contributed by atoms with Crippen molar-refractivity contribution in [2.45, 2.75) is 6.54 Å². The third-order valence-electron chi connectivity index (χ3n) is 2.02. The molecule has 5 nitrogen and oxygen atoms in total. The molecular formula is C11H10N2O3. The number of pyridine rings is 1. The lowest BCUT2D eigenvalue weighted by Gasteiger charge is -2.02. The summed E-state index contributed by atoms with van der Waals surface area (Å²) in [6.07, 6.45) is 1.53. The van der Waals surface area contributed by atoms with Gasteiger partial charge in [0, 0.05) is 6.07 Å². The molecule has 0 bridgehead atoms. The van der Waals surface area contributed by atoms with Crippen LogP contribution in [0.1, 0.15) is 16.2 Å². The van der Waals surface area contributed by atoms with Gasteiger partial charge in [-0.2, -0.15) is 0 Å². The van der Waals surface area contributed by atoms with E-state index in [0.717, 1.165) is 0 Å². The average molecular weight is 218 g/mol. The monoisotopic (exact) mass is 218 g/mol. The van der Waals surface area contributed by atoms with Crippen molar-refractivity contribution >= 4 is 5.91 Å². The molecule has 2 rings (SSSR count). The molecule has 0 unspecified atom stereocenters. The molecule has 0 radical (unpaired) electrons. The summed E-state index contributed by atoms with van der Waals surface area (Å²) < 4.78 is 5.06. The van der Waals surface area contributed by atoms with Crippen LogP contribution in [0, 0.1) is 0 Å². The van der Waals surface area contributed by atoms with E-state index in [2.05, 4.69) is 10.3 Å². The van der Waals surface area contributed by atoms with Gasteiger partial charge in [-0.1, -0.05) is 6.07 Å². The molecule has 0 aromatic carbocycles. The maximum absolute atomic E-state index is 11.6. The second kappa shape index (κ2) is 4.48. The van der Waals surface area contributed by atoms with Crippen molar-refractivity contribution in [1.29, 1.82) is 0 Å². The molecule has 2 heterocycles.